The first-order valence-corrected chi connectivity index (χ1v) is 7.95. The van der Waals surface area contributed by atoms with Crippen LogP contribution in [-0.2, 0) is 0 Å². The van der Waals surface area contributed by atoms with Crippen LogP contribution in [0.1, 0.15) is 12.6 Å². The Morgan fingerprint density at radius 2 is 1.92 bits per heavy atom. The number of nitrogens with zero attached hydrogens (tertiary/aromatic N) is 2. The Hall–Kier alpha value is -3.27. The summed E-state index contributed by atoms with van der Waals surface area (Å²) < 4.78 is 14.4. The molecule has 2 aromatic heterocycles. The van der Waals surface area contributed by atoms with E-state index in [1.54, 1.807) is 25.4 Å². The highest BCUT2D eigenvalue weighted by atomic mass is 19.1. The molecule has 4 heteroatoms. The Kier molecular flexibility index (Phi) is 5.00. The predicted molar refractivity (Wildman–Crippen MR) is 102 cm³/mol. The Morgan fingerprint density at radius 1 is 1.16 bits per heavy atom. The largest absolute Gasteiger partial charge is 0.355 e. The molecule has 25 heavy (non-hydrogen) atoms. The molecule has 0 radical (unpaired) electrons. The molecule has 3 aromatic rings. The first-order valence-electron chi connectivity index (χ1n) is 7.95. The number of hydrogen-bond acceptors (Lipinski definition) is 3. The number of benzene rings is 1. The van der Waals surface area contributed by atoms with E-state index in [-0.39, 0.29) is 5.83 Å². The minimum absolute atomic E-state index is 0.366. The molecular formula is C21H18FN3. The summed E-state index contributed by atoms with van der Waals surface area (Å²) in [7, 11) is 0. The van der Waals surface area contributed by atoms with Gasteiger partial charge in [-0.15, -0.1) is 0 Å². The van der Waals surface area contributed by atoms with E-state index in [0.717, 1.165) is 22.3 Å². The number of para-hydroxylation sites is 1. The molecule has 0 aliphatic heterocycles. The van der Waals surface area contributed by atoms with Gasteiger partial charge in [0.15, 0.2) is 0 Å². The van der Waals surface area contributed by atoms with Crippen molar-refractivity contribution in [1.29, 1.82) is 0 Å². The van der Waals surface area contributed by atoms with Gasteiger partial charge in [0, 0.05) is 29.0 Å². The summed E-state index contributed by atoms with van der Waals surface area (Å²) in [5.74, 6) is -0.366. The van der Waals surface area contributed by atoms with Crippen LogP contribution in [0.15, 0.2) is 85.5 Å². The molecule has 0 unspecified atom stereocenters. The third kappa shape index (κ3) is 3.63. The number of rotatable bonds is 5. The fraction of sp³-hybridized carbons (Fsp3) is 0.0476. The lowest BCUT2D eigenvalue weighted by Crippen LogP contribution is -1.97. The number of fused-ring (bicyclic) bond motifs is 1. The van der Waals surface area contributed by atoms with Crippen molar-refractivity contribution in [2.24, 2.45) is 0 Å². The smallest absolute Gasteiger partial charge is 0.132 e. The number of allylic oxidation sites excluding steroid dienone is 5. The van der Waals surface area contributed by atoms with Crippen LogP contribution in [-0.4, -0.2) is 9.97 Å². The van der Waals surface area contributed by atoms with Crippen molar-refractivity contribution < 1.29 is 4.39 Å². The van der Waals surface area contributed by atoms with Gasteiger partial charge in [-0.3, -0.25) is 4.98 Å². The summed E-state index contributed by atoms with van der Waals surface area (Å²) in [5, 5.41) is 4.33. The van der Waals surface area contributed by atoms with Gasteiger partial charge < -0.3 is 5.32 Å². The topological polar surface area (TPSA) is 37.8 Å². The standard InChI is InChI=1S/C21H18FN3/c1-3-7-18(22)16(4-2)20-14-21(24-15-10-12-23-13-11-15)17-8-5-6-9-19(17)25-20/h3-14H,1H2,2H3,(H,23,24,25)/b16-4+,18-7+. The lowest BCUT2D eigenvalue weighted by Gasteiger charge is -2.13. The van der Waals surface area contributed by atoms with Crippen molar-refractivity contribution in [3.8, 4) is 0 Å². The molecule has 0 fully saturated rings. The van der Waals surface area contributed by atoms with Crippen LogP contribution in [0.3, 0.4) is 0 Å². The zero-order chi connectivity index (χ0) is 17.6. The van der Waals surface area contributed by atoms with Gasteiger partial charge in [-0.25, -0.2) is 9.37 Å². The van der Waals surface area contributed by atoms with Crippen molar-refractivity contribution >= 4 is 27.9 Å². The molecule has 0 atom stereocenters. The minimum Gasteiger partial charge on any atom is -0.355 e. The first kappa shape index (κ1) is 16.6. The number of anilines is 2. The van der Waals surface area contributed by atoms with Gasteiger partial charge in [-0.2, -0.15) is 0 Å². The Balaban J connectivity index is 2.15. The highest BCUT2D eigenvalue weighted by Crippen LogP contribution is 2.31. The highest BCUT2D eigenvalue weighted by molar-refractivity contribution is 5.95. The maximum absolute atomic E-state index is 14.4. The summed E-state index contributed by atoms with van der Waals surface area (Å²) in [6.07, 6.45) is 7.91. The van der Waals surface area contributed by atoms with Gasteiger partial charge in [-0.1, -0.05) is 36.9 Å². The van der Waals surface area contributed by atoms with Gasteiger partial charge in [-0.05, 0) is 37.3 Å². The molecule has 0 bridgehead atoms. The van der Waals surface area contributed by atoms with Crippen LogP contribution in [0.2, 0.25) is 0 Å². The van der Waals surface area contributed by atoms with Crippen molar-refractivity contribution in [2.45, 2.75) is 6.92 Å². The molecule has 0 aliphatic carbocycles. The van der Waals surface area contributed by atoms with Crippen LogP contribution in [0.4, 0.5) is 15.8 Å². The summed E-state index contributed by atoms with van der Waals surface area (Å²) in [4.78, 5) is 8.64. The number of nitrogens with one attached hydrogen (secondary N) is 1. The quantitative estimate of drug-likeness (QED) is 0.599. The van der Waals surface area contributed by atoms with Crippen LogP contribution >= 0.6 is 0 Å². The number of aromatic nitrogens is 2. The summed E-state index contributed by atoms with van der Waals surface area (Å²) in [5.41, 5.74) is 3.55. The van der Waals surface area contributed by atoms with E-state index in [4.69, 9.17) is 0 Å². The fourth-order valence-electron chi connectivity index (χ4n) is 2.61. The molecular weight excluding hydrogens is 313 g/mol. The monoisotopic (exact) mass is 331 g/mol. The van der Waals surface area contributed by atoms with E-state index in [1.807, 2.05) is 42.5 Å². The molecule has 0 saturated carbocycles. The van der Waals surface area contributed by atoms with Crippen molar-refractivity contribution in [3.05, 3.63) is 91.2 Å². The van der Waals surface area contributed by atoms with Crippen LogP contribution < -0.4 is 5.32 Å². The second-order valence-corrected chi connectivity index (χ2v) is 5.39. The van der Waals surface area contributed by atoms with Crippen molar-refractivity contribution in [3.63, 3.8) is 0 Å². The van der Waals surface area contributed by atoms with E-state index in [2.05, 4.69) is 21.9 Å². The molecule has 1 aromatic carbocycles. The van der Waals surface area contributed by atoms with E-state index < -0.39 is 0 Å². The fourth-order valence-corrected chi connectivity index (χ4v) is 2.61. The zero-order valence-corrected chi connectivity index (χ0v) is 13.9. The number of hydrogen-bond donors (Lipinski definition) is 1. The van der Waals surface area contributed by atoms with Crippen LogP contribution in [0.5, 0.6) is 0 Å². The van der Waals surface area contributed by atoms with E-state index >= 15 is 0 Å². The second kappa shape index (κ2) is 7.53. The molecule has 3 nitrogen and oxygen atoms in total. The van der Waals surface area contributed by atoms with Crippen LogP contribution in [0.25, 0.3) is 16.5 Å². The number of halogens is 1. The van der Waals surface area contributed by atoms with Gasteiger partial charge in [0.1, 0.15) is 5.83 Å². The predicted octanol–water partition coefficient (Wildman–Crippen LogP) is 5.82. The van der Waals surface area contributed by atoms with Gasteiger partial charge in [0.05, 0.1) is 16.9 Å². The van der Waals surface area contributed by atoms with E-state index in [9.17, 15) is 4.39 Å². The van der Waals surface area contributed by atoms with Gasteiger partial charge in [0.2, 0.25) is 0 Å². The summed E-state index contributed by atoms with van der Waals surface area (Å²) in [6.45, 7) is 5.34. The normalized spacial score (nSPS) is 12.2. The Morgan fingerprint density at radius 3 is 2.64 bits per heavy atom. The third-order valence-electron chi connectivity index (χ3n) is 3.76. The molecule has 124 valence electrons. The van der Waals surface area contributed by atoms with Crippen molar-refractivity contribution in [2.75, 3.05) is 5.32 Å². The average Bonchev–Trinajstić information content (AvgIpc) is 2.63. The second-order valence-electron chi connectivity index (χ2n) is 5.39. The lowest BCUT2D eigenvalue weighted by atomic mass is 10.1. The average molecular weight is 331 g/mol. The van der Waals surface area contributed by atoms with Crippen molar-refractivity contribution in [1.82, 2.24) is 9.97 Å². The molecule has 2 heterocycles. The lowest BCUT2D eigenvalue weighted by molar-refractivity contribution is 0.673. The molecule has 0 aliphatic rings. The minimum atomic E-state index is -0.366. The molecule has 3 rings (SSSR count). The molecule has 0 spiro atoms. The summed E-state index contributed by atoms with van der Waals surface area (Å²) >= 11 is 0. The maximum Gasteiger partial charge on any atom is 0.132 e. The Labute approximate surface area is 146 Å². The molecule has 0 saturated heterocycles. The number of pyridine rings is 2. The highest BCUT2D eigenvalue weighted by Gasteiger charge is 2.12. The zero-order valence-electron chi connectivity index (χ0n) is 13.9. The van der Waals surface area contributed by atoms with E-state index in [1.165, 1.54) is 12.2 Å². The van der Waals surface area contributed by atoms with Gasteiger partial charge >= 0.3 is 0 Å². The van der Waals surface area contributed by atoms with Crippen LogP contribution in [0, 0.1) is 0 Å². The maximum atomic E-state index is 14.4. The Bertz CT molecular complexity index is 959. The van der Waals surface area contributed by atoms with Gasteiger partial charge in [0.25, 0.3) is 0 Å². The molecule has 0 amide bonds. The molecule has 1 N–H and O–H groups in total. The van der Waals surface area contributed by atoms with E-state index in [0.29, 0.717) is 11.3 Å². The first-order chi connectivity index (χ1) is 12.2. The SMILES string of the molecule is C=C/C=C(F)\C(=C/C)c1cc(Nc2ccncc2)c2ccccc2n1. The third-order valence-corrected chi connectivity index (χ3v) is 3.76. The summed E-state index contributed by atoms with van der Waals surface area (Å²) in [6, 6.07) is 13.4.